The molecule has 0 bridgehead atoms. The summed E-state index contributed by atoms with van der Waals surface area (Å²) in [7, 11) is 0. The molecule has 0 aromatic carbocycles. The van der Waals surface area contributed by atoms with Crippen molar-refractivity contribution in [3.63, 3.8) is 0 Å². The van der Waals surface area contributed by atoms with Gasteiger partial charge in [0, 0.05) is 31.6 Å². The van der Waals surface area contributed by atoms with Gasteiger partial charge in [-0.05, 0) is 32.1 Å². The molecule has 3 aliphatic rings. The van der Waals surface area contributed by atoms with Crippen LogP contribution < -0.4 is 10.6 Å². The van der Waals surface area contributed by atoms with Crippen LogP contribution in [0, 0.1) is 11.3 Å². The van der Waals surface area contributed by atoms with Crippen molar-refractivity contribution in [3.05, 3.63) is 0 Å². The molecule has 210 valence electrons. The largest absolute Gasteiger partial charge is 0.442 e. The van der Waals surface area contributed by atoms with E-state index in [2.05, 4.69) is 10.6 Å². The van der Waals surface area contributed by atoms with E-state index in [0.29, 0.717) is 45.7 Å². The number of hydrogen-bond donors (Lipinski definition) is 2. The van der Waals surface area contributed by atoms with Crippen molar-refractivity contribution in [2.24, 2.45) is 11.3 Å². The highest BCUT2D eigenvalue weighted by atomic mass is 16.6. The number of carbonyl (C=O) groups excluding carboxylic acids is 4. The van der Waals surface area contributed by atoms with Gasteiger partial charge in [-0.1, -0.05) is 34.6 Å². The standard InChI is InChI=1S/C26H45N5O6/c1-8-17(4)22(32)28-21(26(5,6)7)23(33)30-10-9-18-20(30)19(15-31(18)24(34)27-16(2)3)37-25(35)29-11-13-36-14-12-29/h16-21H,8-15H2,1-7H3,(H,27,34)(H,28,32)/t17-,18-,19+,20+,21-/m1/s1. The van der Waals surface area contributed by atoms with Crippen molar-refractivity contribution >= 4 is 23.9 Å². The molecule has 37 heavy (non-hydrogen) atoms. The first-order valence-electron chi connectivity index (χ1n) is 13.6. The molecule has 3 heterocycles. The van der Waals surface area contributed by atoms with Gasteiger partial charge in [-0.15, -0.1) is 0 Å². The van der Waals surface area contributed by atoms with Crippen LogP contribution in [0.3, 0.4) is 0 Å². The van der Waals surface area contributed by atoms with Crippen LogP contribution in [0.1, 0.15) is 61.3 Å². The molecule has 0 aliphatic carbocycles. The monoisotopic (exact) mass is 523 g/mol. The van der Waals surface area contributed by atoms with E-state index in [0.717, 1.165) is 0 Å². The highest BCUT2D eigenvalue weighted by molar-refractivity contribution is 5.89. The smallest absolute Gasteiger partial charge is 0.410 e. The zero-order chi connectivity index (χ0) is 27.5. The Morgan fingerprint density at radius 2 is 1.65 bits per heavy atom. The molecule has 11 heteroatoms. The first-order chi connectivity index (χ1) is 17.3. The number of morpholine rings is 1. The fourth-order valence-electron chi connectivity index (χ4n) is 5.19. The molecule has 3 saturated heterocycles. The fraction of sp³-hybridized carbons (Fsp3) is 0.846. The van der Waals surface area contributed by atoms with Crippen LogP contribution in [0.5, 0.6) is 0 Å². The third-order valence-corrected chi connectivity index (χ3v) is 7.51. The Morgan fingerprint density at radius 1 is 1.00 bits per heavy atom. The number of urea groups is 1. The van der Waals surface area contributed by atoms with E-state index in [1.165, 1.54) is 0 Å². The van der Waals surface area contributed by atoms with Gasteiger partial charge < -0.3 is 34.8 Å². The van der Waals surface area contributed by atoms with Crippen LogP contribution in [0.2, 0.25) is 0 Å². The molecule has 5 atom stereocenters. The SMILES string of the molecule is CC[C@@H](C)C(=O)N[C@H](C(=O)N1CC[C@@H]2[C@H]1[C@@H](OC(=O)N1CCOCC1)CN2C(=O)NC(C)C)C(C)(C)C. The fourth-order valence-corrected chi connectivity index (χ4v) is 5.19. The molecule has 0 radical (unpaired) electrons. The van der Waals surface area contributed by atoms with E-state index in [1.54, 1.807) is 14.7 Å². The Morgan fingerprint density at radius 3 is 2.22 bits per heavy atom. The molecule has 5 amide bonds. The zero-order valence-electron chi connectivity index (χ0n) is 23.4. The molecule has 2 N–H and O–H groups in total. The maximum absolute atomic E-state index is 14.0. The molecule has 0 spiro atoms. The van der Waals surface area contributed by atoms with Gasteiger partial charge in [0.25, 0.3) is 0 Å². The Labute approximate surface area is 220 Å². The Balaban J connectivity index is 1.86. The molecule has 0 aromatic heterocycles. The van der Waals surface area contributed by atoms with Crippen molar-refractivity contribution in [2.75, 3.05) is 39.4 Å². The van der Waals surface area contributed by atoms with Crippen LogP contribution in [0.4, 0.5) is 9.59 Å². The van der Waals surface area contributed by atoms with E-state index in [1.807, 2.05) is 48.5 Å². The van der Waals surface area contributed by atoms with Gasteiger partial charge in [0.15, 0.2) is 0 Å². The second kappa shape index (κ2) is 11.9. The third-order valence-electron chi connectivity index (χ3n) is 7.51. The van der Waals surface area contributed by atoms with Crippen LogP contribution in [0.25, 0.3) is 0 Å². The van der Waals surface area contributed by atoms with Gasteiger partial charge in [-0.25, -0.2) is 9.59 Å². The summed E-state index contributed by atoms with van der Waals surface area (Å²) in [6.07, 6.45) is 0.111. The van der Waals surface area contributed by atoms with Crippen LogP contribution in [-0.2, 0) is 19.1 Å². The summed E-state index contributed by atoms with van der Waals surface area (Å²) < 4.78 is 11.3. The number of carbonyl (C=O) groups is 4. The summed E-state index contributed by atoms with van der Waals surface area (Å²) in [5.74, 6) is -0.589. The van der Waals surface area contributed by atoms with Crippen molar-refractivity contribution in [1.29, 1.82) is 0 Å². The Hall–Kier alpha value is -2.56. The van der Waals surface area contributed by atoms with Gasteiger partial charge >= 0.3 is 12.1 Å². The minimum atomic E-state index is -0.748. The number of hydrogen-bond acceptors (Lipinski definition) is 6. The number of nitrogens with zero attached hydrogens (tertiary/aromatic N) is 3. The van der Waals surface area contributed by atoms with E-state index >= 15 is 0 Å². The van der Waals surface area contributed by atoms with Gasteiger partial charge in [-0.3, -0.25) is 9.59 Å². The van der Waals surface area contributed by atoms with Gasteiger partial charge in [0.1, 0.15) is 12.1 Å². The summed E-state index contributed by atoms with van der Waals surface area (Å²) in [5.41, 5.74) is -0.536. The second-order valence-electron chi connectivity index (χ2n) is 11.8. The minimum absolute atomic E-state index is 0.0546. The lowest BCUT2D eigenvalue weighted by Crippen LogP contribution is -2.58. The van der Waals surface area contributed by atoms with Crippen molar-refractivity contribution in [2.45, 2.75) is 91.6 Å². The number of fused-ring (bicyclic) bond motifs is 1. The van der Waals surface area contributed by atoms with Gasteiger partial charge in [-0.2, -0.15) is 0 Å². The maximum atomic E-state index is 14.0. The summed E-state index contributed by atoms with van der Waals surface area (Å²) >= 11 is 0. The van der Waals surface area contributed by atoms with E-state index < -0.39 is 29.7 Å². The number of ether oxygens (including phenoxy) is 2. The predicted molar refractivity (Wildman–Crippen MR) is 138 cm³/mol. The first kappa shape index (κ1) is 29.0. The molecule has 0 unspecified atom stereocenters. The van der Waals surface area contributed by atoms with E-state index in [9.17, 15) is 19.2 Å². The molecule has 0 saturated carbocycles. The average Bonchev–Trinajstić information content (AvgIpc) is 3.42. The number of likely N-dealkylation sites (tertiary alicyclic amines) is 2. The normalized spacial score (nSPS) is 25.5. The van der Waals surface area contributed by atoms with Crippen LogP contribution >= 0.6 is 0 Å². The minimum Gasteiger partial charge on any atom is -0.442 e. The zero-order valence-corrected chi connectivity index (χ0v) is 23.4. The summed E-state index contributed by atoms with van der Waals surface area (Å²) in [5, 5.41) is 5.91. The van der Waals surface area contributed by atoms with Crippen molar-refractivity contribution < 1.29 is 28.7 Å². The van der Waals surface area contributed by atoms with Gasteiger partial charge in [0.2, 0.25) is 11.8 Å². The number of nitrogens with one attached hydrogen (secondary N) is 2. The Kier molecular flexibility index (Phi) is 9.31. The lowest BCUT2D eigenvalue weighted by Gasteiger charge is -2.37. The highest BCUT2D eigenvalue weighted by Gasteiger charge is 2.55. The van der Waals surface area contributed by atoms with Gasteiger partial charge in [0.05, 0.1) is 31.8 Å². The second-order valence-corrected chi connectivity index (χ2v) is 11.8. The molecule has 3 aliphatic heterocycles. The van der Waals surface area contributed by atoms with Crippen molar-refractivity contribution in [1.82, 2.24) is 25.3 Å². The van der Waals surface area contributed by atoms with E-state index in [-0.39, 0.29) is 42.4 Å². The number of rotatable bonds is 6. The lowest BCUT2D eigenvalue weighted by atomic mass is 9.85. The molecule has 3 rings (SSSR count). The molecule has 0 aromatic rings. The number of amides is 5. The van der Waals surface area contributed by atoms with Crippen molar-refractivity contribution in [3.8, 4) is 0 Å². The predicted octanol–water partition coefficient (Wildman–Crippen LogP) is 1.80. The van der Waals surface area contributed by atoms with Crippen LogP contribution in [-0.4, -0.2) is 108 Å². The summed E-state index contributed by atoms with van der Waals surface area (Å²) in [6, 6.07) is -1.80. The molecular formula is C26H45N5O6. The first-order valence-corrected chi connectivity index (χ1v) is 13.6. The average molecular weight is 524 g/mol. The third kappa shape index (κ3) is 6.66. The topological polar surface area (TPSA) is 121 Å². The maximum Gasteiger partial charge on any atom is 0.410 e. The molecular weight excluding hydrogens is 478 g/mol. The molecule has 11 nitrogen and oxygen atoms in total. The van der Waals surface area contributed by atoms with Crippen LogP contribution in [0.15, 0.2) is 0 Å². The summed E-state index contributed by atoms with van der Waals surface area (Å²) in [4.78, 5) is 57.8. The van der Waals surface area contributed by atoms with E-state index in [4.69, 9.17) is 9.47 Å². The lowest BCUT2D eigenvalue weighted by molar-refractivity contribution is -0.142. The molecule has 3 fully saturated rings. The quantitative estimate of drug-likeness (QED) is 0.548. The highest BCUT2D eigenvalue weighted by Crippen LogP contribution is 2.36. The summed E-state index contributed by atoms with van der Waals surface area (Å²) in [6.45, 7) is 15.7. The Bertz CT molecular complexity index is 853.